The van der Waals surface area contributed by atoms with Gasteiger partial charge in [0.15, 0.2) is 0 Å². The van der Waals surface area contributed by atoms with E-state index in [1.165, 1.54) is 0 Å². The standard InChI is InChI=1S/C8H5IN2O/c9-8(12)11-7-3-1-6(5-10)2-4-7/h1-4H,(H,11,12). The van der Waals surface area contributed by atoms with Gasteiger partial charge in [-0.3, -0.25) is 4.79 Å². The Bertz CT molecular complexity index is 326. The van der Waals surface area contributed by atoms with Crippen LogP contribution in [0.25, 0.3) is 0 Å². The molecule has 0 atom stereocenters. The number of benzene rings is 1. The molecule has 1 aromatic carbocycles. The molecule has 12 heavy (non-hydrogen) atoms. The molecule has 0 aliphatic carbocycles. The summed E-state index contributed by atoms with van der Waals surface area (Å²) in [5.74, 6) is 0. The highest BCUT2D eigenvalue weighted by molar-refractivity contribution is 14.1. The van der Waals surface area contributed by atoms with Gasteiger partial charge in [0.05, 0.1) is 11.6 Å². The summed E-state index contributed by atoms with van der Waals surface area (Å²) in [7, 11) is 0. The zero-order valence-corrected chi connectivity index (χ0v) is 8.20. The molecule has 4 heteroatoms. The van der Waals surface area contributed by atoms with E-state index in [1.54, 1.807) is 46.9 Å². The van der Waals surface area contributed by atoms with E-state index in [9.17, 15) is 4.79 Å². The Balaban J connectivity index is 2.80. The number of carbonyl (C=O) groups is 1. The van der Waals surface area contributed by atoms with Crippen molar-refractivity contribution in [2.45, 2.75) is 0 Å². The van der Waals surface area contributed by atoms with Crippen LogP contribution >= 0.6 is 22.6 Å². The topological polar surface area (TPSA) is 52.9 Å². The Morgan fingerprint density at radius 3 is 2.42 bits per heavy atom. The fourth-order valence-corrected chi connectivity index (χ4v) is 1.05. The van der Waals surface area contributed by atoms with Crippen LogP contribution in [0.4, 0.5) is 10.5 Å². The fourth-order valence-electron chi connectivity index (χ4n) is 0.742. The summed E-state index contributed by atoms with van der Waals surface area (Å²) in [4.78, 5) is 10.6. The number of hydrogen-bond donors (Lipinski definition) is 1. The van der Waals surface area contributed by atoms with E-state index < -0.39 is 0 Å². The molecule has 0 spiro atoms. The smallest absolute Gasteiger partial charge is 0.284 e. The maximum absolute atomic E-state index is 10.6. The van der Waals surface area contributed by atoms with Crippen LogP contribution < -0.4 is 5.32 Å². The summed E-state index contributed by atoms with van der Waals surface area (Å²) in [5.41, 5.74) is 1.29. The lowest BCUT2D eigenvalue weighted by Crippen LogP contribution is -1.99. The Hall–Kier alpha value is -1.09. The van der Waals surface area contributed by atoms with E-state index in [-0.39, 0.29) is 3.91 Å². The van der Waals surface area contributed by atoms with E-state index >= 15 is 0 Å². The molecular weight excluding hydrogens is 267 g/mol. The summed E-state index contributed by atoms with van der Waals surface area (Å²) in [6.07, 6.45) is 0. The normalized spacial score (nSPS) is 8.67. The zero-order valence-electron chi connectivity index (χ0n) is 6.04. The lowest BCUT2D eigenvalue weighted by Gasteiger charge is -1.98. The highest BCUT2D eigenvalue weighted by Crippen LogP contribution is 2.09. The molecule has 0 unspecified atom stereocenters. The van der Waals surface area contributed by atoms with Gasteiger partial charge in [0.25, 0.3) is 3.91 Å². The van der Waals surface area contributed by atoms with E-state index in [2.05, 4.69) is 5.32 Å². The van der Waals surface area contributed by atoms with Crippen molar-refractivity contribution in [2.75, 3.05) is 5.32 Å². The second-order valence-electron chi connectivity index (χ2n) is 2.09. The minimum Gasteiger partial charge on any atom is -0.317 e. The average Bonchev–Trinajstić information content (AvgIpc) is 2.05. The number of amides is 1. The first-order valence-corrected chi connectivity index (χ1v) is 4.27. The molecule has 60 valence electrons. The van der Waals surface area contributed by atoms with Gasteiger partial charge in [-0.2, -0.15) is 5.26 Å². The van der Waals surface area contributed by atoms with Crippen LogP contribution in [0.1, 0.15) is 5.56 Å². The molecule has 1 aromatic rings. The van der Waals surface area contributed by atoms with Gasteiger partial charge in [-0.25, -0.2) is 0 Å². The van der Waals surface area contributed by atoms with Gasteiger partial charge < -0.3 is 5.32 Å². The predicted octanol–water partition coefficient (Wildman–Crippen LogP) is 2.53. The molecule has 0 bridgehead atoms. The van der Waals surface area contributed by atoms with Crippen LogP contribution in [0.5, 0.6) is 0 Å². The zero-order chi connectivity index (χ0) is 8.97. The quantitative estimate of drug-likeness (QED) is 0.485. The molecule has 1 N–H and O–H groups in total. The van der Waals surface area contributed by atoms with E-state index in [4.69, 9.17) is 5.26 Å². The average molecular weight is 272 g/mol. The van der Waals surface area contributed by atoms with Gasteiger partial charge in [-0.1, -0.05) is 0 Å². The summed E-state index contributed by atoms with van der Waals surface area (Å²) in [6, 6.07) is 8.68. The summed E-state index contributed by atoms with van der Waals surface area (Å²) < 4.78 is -0.141. The predicted molar refractivity (Wildman–Crippen MR) is 54.2 cm³/mol. The number of anilines is 1. The van der Waals surface area contributed by atoms with Crippen molar-refractivity contribution in [3.8, 4) is 6.07 Å². The molecule has 0 fully saturated rings. The van der Waals surface area contributed by atoms with Crippen molar-refractivity contribution in [3.05, 3.63) is 29.8 Å². The molecule has 0 radical (unpaired) electrons. The van der Waals surface area contributed by atoms with Crippen molar-refractivity contribution in [2.24, 2.45) is 0 Å². The Morgan fingerprint density at radius 2 is 2.00 bits per heavy atom. The third-order valence-corrected chi connectivity index (χ3v) is 1.53. The fraction of sp³-hybridized carbons (Fsp3) is 0. The molecule has 0 saturated heterocycles. The molecular formula is C8H5IN2O. The number of nitrogens with one attached hydrogen (secondary N) is 1. The molecule has 0 aliphatic heterocycles. The first-order chi connectivity index (χ1) is 5.72. The second kappa shape index (κ2) is 4.07. The maximum atomic E-state index is 10.6. The van der Waals surface area contributed by atoms with E-state index in [0.29, 0.717) is 11.3 Å². The number of hydrogen-bond acceptors (Lipinski definition) is 2. The van der Waals surface area contributed by atoms with Crippen molar-refractivity contribution in [1.82, 2.24) is 0 Å². The highest BCUT2D eigenvalue weighted by atomic mass is 127. The van der Waals surface area contributed by atoms with Crippen LogP contribution in [0.3, 0.4) is 0 Å². The van der Waals surface area contributed by atoms with Crippen molar-refractivity contribution < 1.29 is 4.79 Å². The lowest BCUT2D eigenvalue weighted by atomic mass is 10.2. The summed E-state index contributed by atoms with van der Waals surface area (Å²) >= 11 is 1.65. The molecule has 3 nitrogen and oxygen atoms in total. The van der Waals surface area contributed by atoms with Crippen LogP contribution in [0.15, 0.2) is 24.3 Å². The highest BCUT2D eigenvalue weighted by Gasteiger charge is 1.95. The van der Waals surface area contributed by atoms with Crippen molar-refractivity contribution >= 4 is 32.2 Å². The minimum atomic E-state index is -0.141. The van der Waals surface area contributed by atoms with E-state index in [1.807, 2.05) is 6.07 Å². The monoisotopic (exact) mass is 272 g/mol. The SMILES string of the molecule is N#Cc1ccc(NC(=O)I)cc1. The number of rotatable bonds is 1. The van der Waals surface area contributed by atoms with Gasteiger partial charge in [0.1, 0.15) is 0 Å². The largest absolute Gasteiger partial charge is 0.317 e. The molecule has 0 heterocycles. The van der Waals surface area contributed by atoms with Gasteiger partial charge in [-0.15, -0.1) is 0 Å². The van der Waals surface area contributed by atoms with Gasteiger partial charge >= 0.3 is 0 Å². The Morgan fingerprint density at radius 1 is 1.42 bits per heavy atom. The van der Waals surface area contributed by atoms with Crippen LogP contribution in [-0.4, -0.2) is 3.91 Å². The van der Waals surface area contributed by atoms with E-state index in [0.717, 1.165) is 0 Å². The summed E-state index contributed by atoms with van der Waals surface area (Å²) in [5, 5.41) is 11.1. The molecule has 0 saturated carbocycles. The third-order valence-electron chi connectivity index (χ3n) is 1.26. The van der Waals surface area contributed by atoms with Crippen LogP contribution in [0.2, 0.25) is 0 Å². The van der Waals surface area contributed by atoms with Gasteiger partial charge in [0.2, 0.25) is 0 Å². The Labute approximate surface area is 83.5 Å². The number of halogens is 1. The van der Waals surface area contributed by atoms with Crippen molar-refractivity contribution in [1.29, 1.82) is 5.26 Å². The van der Waals surface area contributed by atoms with Gasteiger partial charge in [-0.05, 0) is 24.3 Å². The number of nitrogens with zero attached hydrogens (tertiary/aromatic N) is 1. The second-order valence-corrected chi connectivity index (χ2v) is 3.07. The molecule has 1 amide bonds. The molecule has 0 aliphatic rings. The first-order valence-electron chi connectivity index (χ1n) is 3.19. The summed E-state index contributed by atoms with van der Waals surface area (Å²) in [6.45, 7) is 0. The Kier molecular flexibility index (Phi) is 3.05. The van der Waals surface area contributed by atoms with Crippen molar-refractivity contribution in [3.63, 3.8) is 0 Å². The maximum Gasteiger partial charge on any atom is 0.284 e. The minimum absolute atomic E-state index is 0.141. The number of nitriles is 1. The van der Waals surface area contributed by atoms with Gasteiger partial charge in [0, 0.05) is 28.3 Å². The van der Waals surface area contributed by atoms with Crippen LogP contribution in [-0.2, 0) is 0 Å². The molecule has 1 rings (SSSR count). The molecule has 0 aromatic heterocycles. The van der Waals surface area contributed by atoms with Crippen LogP contribution in [0, 0.1) is 11.3 Å². The number of carbonyl (C=O) groups excluding carboxylic acids is 1. The first kappa shape index (κ1) is 9.00. The lowest BCUT2D eigenvalue weighted by molar-refractivity contribution is 0.272. The third kappa shape index (κ3) is 2.51.